The van der Waals surface area contributed by atoms with Crippen molar-refractivity contribution in [1.82, 2.24) is 24.5 Å². The van der Waals surface area contributed by atoms with Crippen molar-refractivity contribution < 1.29 is 13.2 Å². The lowest BCUT2D eigenvalue weighted by Gasteiger charge is -2.14. The fraction of sp³-hybridized carbons (Fsp3) is 0.381. The van der Waals surface area contributed by atoms with Crippen LogP contribution in [-0.4, -0.2) is 24.5 Å². The third-order valence-corrected chi connectivity index (χ3v) is 5.92. The summed E-state index contributed by atoms with van der Waals surface area (Å²) in [6.07, 6.45) is 3.76. The van der Waals surface area contributed by atoms with Crippen LogP contribution in [0.15, 0.2) is 48.4 Å². The Balaban J connectivity index is 1.49. The highest BCUT2D eigenvalue weighted by atomic mass is 19.4. The minimum Gasteiger partial charge on any atom is -0.383 e. The molecule has 0 saturated heterocycles. The first-order valence-electron chi connectivity index (χ1n) is 9.87. The van der Waals surface area contributed by atoms with Crippen LogP contribution in [0, 0.1) is 5.92 Å². The second-order valence-electron chi connectivity index (χ2n) is 8.19. The molecule has 0 bridgehead atoms. The fourth-order valence-corrected chi connectivity index (χ4v) is 4.47. The van der Waals surface area contributed by atoms with E-state index >= 15 is 0 Å². The van der Waals surface area contributed by atoms with Crippen LogP contribution in [0.25, 0.3) is 11.3 Å². The van der Waals surface area contributed by atoms with E-state index in [1.54, 1.807) is 6.20 Å². The van der Waals surface area contributed by atoms with Crippen molar-refractivity contribution in [2.45, 2.75) is 44.4 Å². The van der Waals surface area contributed by atoms with Gasteiger partial charge in [-0.1, -0.05) is 11.6 Å². The molecule has 156 valence electrons. The third-order valence-electron chi connectivity index (χ3n) is 5.92. The van der Waals surface area contributed by atoms with E-state index in [2.05, 4.69) is 21.3 Å². The molecule has 0 aromatic carbocycles. The molecule has 0 radical (unpaired) electrons. The molecule has 2 aliphatic rings. The molecule has 0 spiro atoms. The molecule has 1 unspecified atom stereocenters. The van der Waals surface area contributed by atoms with Gasteiger partial charge in [0.15, 0.2) is 0 Å². The van der Waals surface area contributed by atoms with Gasteiger partial charge in [0.1, 0.15) is 5.82 Å². The number of anilines is 1. The highest BCUT2D eigenvalue weighted by Gasteiger charge is 2.52. The predicted molar refractivity (Wildman–Crippen MR) is 105 cm³/mol. The summed E-state index contributed by atoms with van der Waals surface area (Å²) in [7, 11) is 0. The Bertz CT molecular complexity index is 1130. The maximum absolute atomic E-state index is 13.2. The van der Waals surface area contributed by atoms with Crippen molar-refractivity contribution in [2.24, 2.45) is 5.92 Å². The monoisotopic (exact) mass is 414 g/mol. The first kappa shape index (κ1) is 18.9. The molecule has 2 N–H and O–H groups in total. The maximum Gasteiger partial charge on any atom is 0.419 e. The third kappa shape index (κ3) is 3.00. The number of rotatable bonds is 4. The average Bonchev–Trinajstić information content (AvgIpc) is 3.20. The molecule has 1 fully saturated rings. The fourth-order valence-electron chi connectivity index (χ4n) is 4.47. The van der Waals surface area contributed by atoms with E-state index in [1.165, 1.54) is 11.8 Å². The number of aromatic nitrogens is 5. The van der Waals surface area contributed by atoms with Gasteiger partial charge in [-0.25, -0.2) is 4.98 Å². The predicted octanol–water partition coefficient (Wildman–Crippen LogP) is 4.61. The van der Waals surface area contributed by atoms with Crippen LogP contribution < -0.4 is 5.73 Å². The van der Waals surface area contributed by atoms with Crippen LogP contribution in [0.5, 0.6) is 0 Å². The number of nitrogens with zero attached hydrogens (tertiary/aromatic N) is 5. The Morgan fingerprint density at radius 3 is 2.63 bits per heavy atom. The normalized spacial score (nSPS) is 23.0. The molecule has 3 aromatic rings. The molecule has 30 heavy (non-hydrogen) atoms. The largest absolute Gasteiger partial charge is 0.419 e. The van der Waals surface area contributed by atoms with E-state index in [0.29, 0.717) is 17.2 Å². The Hall–Kier alpha value is -3.10. The molecule has 0 aliphatic heterocycles. The Labute approximate surface area is 171 Å². The summed E-state index contributed by atoms with van der Waals surface area (Å²) in [6.45, 7) is 4.03. The van der Waals surface area contributed by atoms with Crippen LogP contribution in [-0.2, 0) is 6.18 Å². The molecule has 0 amide bonds. The molecule has 3 heterocycles. The van der Waals surface area contributed by atoms with Crippen molar-refractivity contribution in [3.8, 4) is 11.3 Å². The number of hydrogen-bond donors (Lipinski definition) is 1. The lowest BCUT2D eigenvalue weighted by molar-refractivity contribution is -0.137. The van der Waals surface area contributed by atoms with Crippen LogP contribution >= 0.6 is 0 Å². The summed E-state index contributed by atoms with van der Waals surface area (Å²) < 4.78 is 43.6. The first-order valence-corrected chi connectivity index (χ1v) is 9.87. The number of fused-ring (bicyclic) bond motifs is 1. The summed E-state index contributed by atoms with van der Waals surface area (Å²) >= 11 is 0. The lowest BCUT2D eigenvalue weighted by Crippen LogP contribution is -2.11. The number of alkyl halides is 3. The smallest absolute Gasteiger partial charge is 0.383 e. The van der Waals surface area contributed by atoms with E-state index < -0.39 is 17.6 Å². The molecular weight excluding hydrogens is 393 g/mol. The molecular formula is C21H21F3N6. The summed E-state index contributed by atoms with van der Waals surface area (Å²) in [4.78, 5) is 3.75. The van der Waals surface area contributed by atoms with Crippen LogP contribution in [0.1, 0.15) is 49.5 Å². The average molecular weight is 414 g/mol. The Kier molecular flexibility index (Phi) is 4.06. The lowest BCUT2D eigenvalue weighted by atomic mass is 10.1. The van der Waals surface area contributed by atoms with Gasteiger partial charge >= 0.3 is 6.18 Å². The Morgan fingerprint density at radius 1 is 1.23 bits per heavy atom. The van der Waals surface area contributed by atoms with Crippen LogP contribution in [0.3, 0.4) is 0 Å². The molecule has 9 heteroatoms. The second kappa shape index (κ2) is 6.45. The van der Waals surface area contributed by atoms with E-state index in [1.807, 2.05) is 41.5 Å². The van der Waals surface area contributed by atoms with Crippen molar-refractivity contribution in [3.05, 3.63) is 59.7 Å². The van der Waals surface area contributed by atoms with Gasteiger partial charge in [-0.2, -0.15) is 23.4 Å². The zero-order valence-corrected chi connectivity index (χ0v) is 16.5. The zero-order valence-electron chi connectivity index (χ0n) is 16.5. The number of allylic oxidation sites excluding steroid dienone is 2. The van der Waals surface area contributed by atoms with Gasteiger partial charge in [0.05, 0.1) is 17.3 Å². The molecule has 6 nitrogen and oxygen atoms in total. The summed E-state index contributed by atoms with van der Waals surface area (Å²) in [5.74, 6) is 0.155. The van der Waals surface area contributed by atoms with Gasteiger partial charge in [0, 0.05) is 41.8 Å². The first-order chi connectivity index (χ1) is 14.2. The maximum atomic E-state index is 13.2. The summed E-state index contributed by atoms with van der Waals surface area (Å²) in [6, 6.07) is 5.18. The Morgan fingerprint density at radius 2 is 2.03 bits per heavy atom. The van der Waals surface area contributed by atoms with E-state index in [-0.39, 0.29) is 18.0 Å². The topological polar surface area (TPSA) is 74.6 Å². The van der Waals surface area contributed by atoms with Crippen molar-refractivity contribution in [1.29, 1.82) is 0 Å². The molecule has 5 rings (SSSR count). The van der Waals surface area contributed by atoms with Gasteiger partial charge in [0.25, 0.3) is 0 Å². The highest BCUT2D eigenvalue weighted by molar-refractivity contribution is 5.64. The SMILES string of the molecule is CC(C)n1nc(-c2cnc(N)c(C(F)(F)F)c2)cc1[C@@H]1C2=CC(n3cccn3)C[C@H]21. The molecule has 1 saturated carbocycles. The zero-order chi connectivity index (χ0) is 21.2. The van der Waals surface area contributed by atoms with E-state index in [9.17, 15) is 13.2 Å². The quantitative estimate of drug-likeness (QED) is 0.633. The molecule has 2 aliphatic carbocycles. The second-order valence-corrected chi connectivity index (χ2v) is 8.19. The van der Waals surface area contributed by atoms with Gasteiger partial charge < -0.3 is 5.73 Å². The highest BCUT2D eigenvalue weighted by Crippen LogP contribution is 2.62. The van der Waals surface area contributed by atoms with Crippen LogP contribution in [0.4, 0.5) is 19.0 Å². The minimum atomic E-state index is -4.56. The van der Waals surface area contributed by atoms with Gasteiger partial charge in [0.2, 0.25) is 0 Å². The van der Waals surface area contributed by atoms with Gasteiger partial charge in [-0.3, -0.25) is 9.36 Å². The minimum absolute atomic E-state index is 0.0846. The molecule has 3 atom stereocenters. The molecule has 3 aromatic heterocycles. The number of pyridine rings is 1. The van der Waals surface area contributed by atoms with Crippen molar-refractivity contribution >= 4 is 5.82 Å². The van der Waals surface area contributed by atoms with Crippen LogP contribution in [0.2, 0.25) is 0 Å². The number of nitrogens with two attached hydrogens (primary N) is 1. The van der Waals surface area contributed by atoms with Crippen molar-refractivity contribution in [3.63, 3.8) is 0 Å². The van der Waals surface area contributed by atoms with E-state index in [4.69, 9.17) is 5.73 Å². The summed E-state index contributed by atoms with van der Waals surface area (Å²) in [5, 5.41) is 8.94. The number of halogens is 3. The van der Waals surface area contributed by atoms with E-state index in [0.717, 1.165) is 18.2 Å². The number of hydrogen-bond acceptors (Lipinski definition) is 4. The standard InChI is InChI=1S/C21H21F3N6/c1-11(2)30-18(19-14-7-13(8-15(14)19)29-5-3-4-27-29)9-17(28-30)12-6-16(21(22,23)24)20(25)26-10-12/h3-7,9-11,13,15,19H,8H2,1-2H3,(H2,25,26)/t13?,15-,19-/m1/s1. The van der Waals surface area contributed by atoms with Gasteiger partial charge in [-0.15, -0.1) is 0 Å². The number of nitrogen functional groups attached to an aromatic ring is 1. The summed E-state index contributed by atoms with van der Waals surface area (Å²) in [5.41, 5.74) is 7.68. The van der Waals surface area contributed by atoms with Gasteiger partial charge in [-0.05, 0) is 44.4 Å². The van der Waals surface area contributed by atoms with Crippen molar-refractivity contribution in [2.75, 3.05) is 5.73 Å².